The summed E-state index contributed by atoms with van der Waals surface area (Å²) in [6, 6.07) is -4.02. The smallest absolute Gasteiger partial charge is 0.326 e. The van der Waals surface area contributed by atoms with E-state index in [0.717, 1.165) is 0 Å². The SMILES string of the molecule is CCC(C)C(N)C(=O)NC(CS)C(=O)NC(Cc1cnc[nH]1)C(=O)NC(CCSC)C(=O)O. The van der Waals surface area contributed by atoms with Crippen LogP contribution < -0.4 is 21.7 Å². The zero-order valence-corrected chi connectivity index (χ0v) is 20.7. The second-order valence-corrected chi connectivity index (χ2v) is 9.03. The number of thiol groups is 1. The molecule has 1 rings (SSSR count). The number of H-pyrrole nitrogens is 1. The molecule has 0 bridgehead atoms. The first-order chi connectivity index (χ1) is 15.6. The fraction of sp³-hybridized carbons (Fsp3) is 0.650. The van der Waals surface area contributed by atoms with E-state index in [2.05, 4.69) is 38.5 Å². The molecule has 0 aliphatic heterocycles. The van der Waals surface area contributed by atoms with Gasteiger partial charge >= 0.3 is 5.97 Å². The standard InChI is InChI=1S/C20H34N6O5S2/c1-4-11(2)16(21)19(29)26-15(9-32)18(28)25-14(7-12-8-22-10-23-12)17(27)24-13(20(30)31)5-6-33-3/h8,10-11,13-16,32H,4-7,9,21H2,1-3H3,(H,22,23)(H,24,27)(H,25,28)(H,26,29)(H,30,31). The van der Waals surface area contributed by atoms with Crippen molar-refractivity contribution < 1.29 is 24.3 Å². The average molecular weight is 503 g/mol. The number of carbonyl (C=O) groups is 4. The minimum Gasteiger partial charge on any atom is -0.480 e. The number of carboxylic acids is 1. The van der Waals surface area contributed by atoms with Crippen LogP contribution in [0.15, 0.2) is 12.5 Å². The van der Waals surface area contributed by atoms with Crippen LogP contribution in [0.4, 0.5) is 0 Å². The molecule has 11 nitrogen and oxygen atoms in total. The summed E-state index contributed by atoms with van der Waals surface area (Å²) in [6.07, 6.45) is 5.73. The number of nitrogens with zero attached hydrogens (tertiary/aromatic N) is 1. The summed E-state index contributed by atoms with van der Waals surface area (Å²) in [4.78, 5) is 56.4. The first kappa shape index (κ1) is 28.8. The van der Waals surface area contributed by atoms with Crippen LogP contribution in [-0.4, -0.2) is 80.7 Å². The van der Waals surface area contributed by atoms with Crippen molar-refractivity contribution in [3.8, 4) is 0 Å². The highest BCUT2D eigenvalue weighted by Crippen LogP contribution is 2.07. The van der Waals surface area contributed by atoms with Crippen molar-refractivity contribution in [2.24, 2.45) is 11.7 Å². The Kier molecular flexibility index (Phi) is 12.9. The molecule has 0 saturated carbocycles. The first-order valence-corrected chi connectivity index (χ1v) is 12.6. The molecule has 1 aromatic heterocycles. The number of aromatic amines is 1. The second-order valence-electron chi connectivity index (χ2n) is 7.68. The number of aliphatic carboxylic acids is 1. The van der Waals surface area contributed by atoms with Crippen LogP contribution in [-0.2, 0) is 25.6 Å². The zero-order valence-electron chi connectivity index (χ0n) is 19.0. The number of rotatable bonds is 15. The molecule has 5 atom stereocenters. The van der Waals surface area contributed by atoms with E-state index < -0.39 is 47.9 Å². The van der Waals surface area contributed by atoms with Gasteiger partial charge in [-0.05, 0) is 24.3 Å². The van der Waals surface area contributed by atoms with Crippen LogP contribution in [0.3, 0.4) is 0 Å². The predicted octanol–water partition coefficient (Wildman–Crippen LogP) is -0.452. The summed E-state index contributed by atoms with van der Waals surface area (Å²) in [5.74, 6) is -2.51. The van der Waals surface area contributed by atoms with Gasteiger partial charge in [0.1, 0.15) is 18.1 Å². The Morgan fingerprint density at radius 1 is 1.15 bits per heavy atom. The van der Waals surface area contributed by atoms with Gasteiger partial charge in [0.2, 0.25) is 17.7 Å². The molecule has 0 aliphatic carbocycles. The number of amides is 3. The molecule has 0 saturated heterocycles. The molecule has 1 heterocycles. The van der Waals surface area contributed by atoms with Crippen LogP contribution in [0.2, 0.25) is 0 Å². The number of carboxylic acid groups (broad SMARTS) is 1. The van der Waals surface area contributed by atoms with E-state index in [0.29, 0.717) is 17.9 Å². The van der Waals surface area contributed by atoms with Gasteiger partial charge in [-0.2, -0.15) is 24.4 Å². The highest BCUT2D eigenvalue weighted by molar-refractivity contribution is 7.98. The molecule has 0 radical (unpaired) electrons. The van der Waals surface area contributed by atoms with Crippen LogP contribution in [0.1, 0.15) is 32.4 Å². The predicted molar refractivity (Wildman–Crippen MR) is 130 cm³/mol. The fourth-order valence-corrected chi connectivity index (χ4v) is 3.57. The molecule has 7 N–H and O–H groups in total. The number of thioether (sulfide) groups is 1. The van der Waals surface area contributed by atoms with E-state index in [-0.39, 0.29) is 24.5 Å². The number of carbonyl (C=O) groups excluding carboxylic acids is 3. The number of nitrogens with two attached hydrogens (primary N) is 1. The Bertz CT molecular complexity index is 779. The molecular weight excluding hydrogens is 468 g/mol. The van der Waals surface area contributed by atoms with Crippen LogP contribution in [0.25, 0.3) is 0 Å². The third-order valence-electron chi connectivity index (χ3n) is 5.21. The van der Waals surface area contributed by atoms with E-state index in [4.69, 9.17) is 5.73 Å². The van der Waals surface area contributed by atoms with Gasteiger partial charge in [-0.15, -0.1) is 0 Å². The molecule has 0 spiro atoms. The summed E-state index contributed by atoms with van der Waals surface area (Å²) >= 11 is 5.60. The van der Waals surface area contributed by atoms with E-state index in [1.807, 2.05) is 20.1 Å². The Morgan fingerprint density at radius 3 is 2.27 bits per heavy atom. The summed E-state index contributed by atoms with van der Waals surface area (Å²) in [5, 5.41) is 17.1. The number of nitrogens with one attached hydrogen (secondary N) is 4. The Hall–Kier alpha value is -2.25. The van der Waals surface area contributed by atoms with Crippen molar-refractivity contribution in [2.45, 2.75) is 57.3 Å². The van der Waals surface area contributed by atoms with Gasteiger partial charge in [-0.1, -0.05) is 20.3 Å². The van der Waals surface area contributed by atoms with Crippen LogP contribution >= 0.6 is 24.4 Å². The first-order valence-electron chi connectivity index (χ1n) is 10.6. The Morgan fingerprint density at radius 2 is 1.76 bits per heavy atom. The maximum absolute atomic E-state index is 12.9. The quantitative estimate of drug-likeness (QED) is 0.158. The number of imidazole rings is 1. The third kappa shape index (κ3) is 9.64. The van der Waals surface area contributed by atoms with Gasteiger partial charge in [-0.3, -0.25) is 14.4 Å². The topological polar surface area (TPSA) is 179 Å². The highest BCUT2D eigenvalue weighted by atomic mass is 32.2. The molecule has 33 heavy (non-hydrogen) atoms. The molecular formula is C20H34N6O5S2. The minimum absolute atomic E-state index is 0.0192. The maximum Gasteiger partial charge on any atom is 0.326 e. The molecule has 5 unspecified atom stereocenters. The largest absolute Gasteiger partial charge is 0.480 e. The average Bonchev–Trinajstić information content (AvgIpc) is 3.31. The lowest BCUT2D eigenvalue weighted by molar-refractivity contribution is -0.142. The van der Waals surface area contributed by atoms with E-state index in [9.17, 15) is 24.3 Å². The lowest BCUT2D eigenvalue weighted by Crippen LogP contribution is -2.58. The molecule has 186 valence electrons. The molecule has 13 heteroatoms. The normalized spacial score (nSPS) is 15.5. The van der Waals surface area contributed by atoms with Gasteiger partial charge in [0.15, 0.2) is 0 Å². The van der Waals surface area contributed by atoms with E-state index in [1.165, 1.54) is 24.3 Å². The molecule has 3 amide bonds. The van der Waals surface area contributed by atoms with Crippen molar-refractivity contribution in [3.63, 3.8) is 0 Å². The van der Waals surface area contributed by atoms with Crippen molar-refractivity contribution in [1.29, 1.82) is 0 Å². The zero-order chi connectivity index (χ0) is 25.0. The van der Waals surface area contributed by atoms with Gasteiger partial charge in [0.05, 0.1) is 12.4 Å². The van der Waals surface area contributed by atoms with Crippen LogP contribution in [0, 0.1) is 5.92 Å². The maximum atomic E-state index is 12.9. The van der Waals surface area contributed by atoms with Crippen molar-refractivity contribution in [1.82, 2.24) is 25.9 Å². The number of aromatic nitrogens is 2. The molecule has 0 fully saturated rings. The Labute approximate surface area is 203 Å². The van der Waals surface area contributed by atoms with Crippen LogP contribution in [0.5, 0.6) is 0 Å². The number of hydrogen-bond donors (Lipinski definition) is 7. The monoisotopic (exact) mass is 502 g/mol. The van der Waals surface area contributed by atoms with Crippen molar-refractivity contribution in [3.05, 3.63) is 18.2 Å². The van der Waals surface area contributed by atoms with Gasteiger partial charge in [-0.25, -0.2) is 9.78 Å². The Balaban J connectivity index is 2.94. The van der Waals surface area contributed by atoms with Gasteiger partial charge < -0.3 is 31.8 Å². The fourth-order valence-electron chi connectivity index (χ4n) is 2.84. The lowest BCUT2D eigenvalue weighted by atomic mass is 9.99. The second kappa shape index (κ2) is 14.8. The third-order valence-corrected chi connectivity index (χ3v) is 6.22. The van der Waals surface area contributed by atoms with Crippen molar-refractivity contribution in [2.75, 3.05) is 17.8 Å². The van der Waals surface area contributed by atoms with E-state index >= 15 is 0 Å². The lowest BCUT2D eigenvalue weighted by Gasteiger charge is -2.25. The highest BCUT2D eigenvalue weighted by Gasteiger charge is 2.30. The summed E-state index contributed by atoms with van der Waals surface area (Å²) in [7, 11) is 0. The summed E-state index contributed by atoms with van der Waals surface area (Å²) in [5.41, 5.74) is 6.50. The van der Waals surface area contributed by atoms with E-state index in [1.54, 1.807) is 0 Å². The van der Waals surface area contributed by atoms with Gasteiger partial charge in [0, 0.05) is 24.1 Å². The van der Waals surface area contributed by atoms with Gasteiger partial charge in [0.25, 0.3) is 0 Å². The summed E-state index contributed by atoms with van der Waals surface area (Å²) < 4.78 is 0. The molecule has 0 aromatic carbocycles. The molecule has 0 aliphatic rings. The number of hydrogen-bond acceptors (Lipinski definition) is 8. The molecule has 1 aromatic rings. The minimum atomic E-state index is -1.16. The van der Waals surface area contributed by atoms with Crippen molar-refractivity contribution >= 4 is 48.1 Å². The summed E-state index contributed by atoms with van der Waals surface area (Å²) in [6.45, 7) is 3.74.